The Bertz CT molecular complexity index is 240. The van der Waals surface area contributed by atoms with Gasteiger partial charge in [0.25, 0.3) is 0 Å². The maximum absolute atomic E-state index is 10.2. The fourth-order valence-corrected chi connectivity index (χ4v) is 2.48. The minimum atomic E-state index is -0.456. The fraction of sp³-hybridized carbons (Fsp3) is 0.923. The minimum absolute atomic E-state index is 0.0979. The number of aliphatic hydroxyl groups excluding tert-OH is 1. The van der Waals surface area contributed by atoms with Crippen molar-refractivity contribution < 1.29 is 5.11 Å². The van der Waals surface area contributed by atoms with Gasteiger partial charge in [0.15, 0.2) is 0 Å². The number of rotatable bonds is 2. The second-order valence-electron chi connectivity index (χ2n) is 6.11. The Morgan fingerprint density at radius 3 is 2.20 bits per heavy atom. The highest BCUT2D eigenvalue weighted by atomic mass is 16.3. The van der Waals surface area contributed by atoms with Gasteiger partial charge in [0, 0.05) is 0 Å². The van der Waals surface area contributed by atoms with Crippen molar-refractivity contribution in [1.29, 1.82) is 5.26 Å². The lowest BCUT2D eigenvalue weighted by molar-refractivity contribution is 0.00814. The Balaban J connectivity index is 2.69. The van der Waals surface area contributed by atoms with Gasteiger partial charge in [-0.25, -0.2) is 0 Å². The Morgan fingerprint density at radius 1 is 1.27 bits per heavy atom. The highest BCUT2D eigenvalue weighted by Gasteiger charge is 2.40. The van der Waals surface area contributed by atoms with Crippen LogP contribution in [0.4, 0.5) is 0 Å². The number of nitrogens with zero attached hydrogens (tertiary/aromatic N) is 1. The second-order valence-corrected chi connectivity index (χ2v) is 6.11. The predicted octanol–water partition coefficient (Wildman–Crippen LogP) is 3.26. The van der Waals surface area contributed by atoms with E-state index >= 15 is 0 Å². The van der Waals surface area contributed by atoms with Crippen LogP contribution in [0.3, 0.4) is 0 Å². The molecule has 0 spiro atoms. The van der Waals surface area contributed by atoms with Crippen LogP contribution in [0.25, 0.3) is 0 Å². The lowest BCUT2D eigenvalue weighted by atomic mass is 9.68. The molecule has 1 N–H and O–H groups in total. The van der Waals surface area contributed by atoms with Crippen molar-refractivity contribution in [3.8, 4) is 6.07 Å². The molecule has 1 saturated carbocycles. The molecule has 0 amide bonds. The van der Waals surface area contributed by atoms with Crippen LogP contribution in [0.15, 0.2) is 0 Å². The number of aliphatic hydroxyl groups is 1. The molecule has 0 aromatic carbocycles. The van der Waals surface area contributed by atoms with Gasteiger partial charge in [0.05, 0.1) is 17.6 Å². The van der Waals surface area contributed by atoms with Gasteiger partial charge in [-0.15, -0.1) is 0 Å². The first-order valence-electron chi connectivity index (χ1n) is 5.99. The van der Waals surface area contributed by atoms with Crippen LogP contribution in [0.1, 0.15) is 59.3 Å². The first-order chi connectivity index (χ1) is 6.90. The standard InChI is InChI=1S/C13H23NO/c1-12(2,3)9-11(15)13(10-14)7-5-4-6-8-13/h11,15H,4-9H2,1-3H3. The third kappa shape index (κ3) is 3.21. The van der Waals surface area contributed by atoms with E-state index in [1.165, 1.54) is 6.42 Å². The lowest BCUT2D eigenvalue weighted by Crippen LogP contribution is -2.38. The number of hydrogen-bond acceptors (Lipinski definition) is 2. The molecule has 2 heteroatoms. The lowest BCUT2D eigenvalue weighted by Gasteiger charge is -2.37. The van der Waals surface area contributed by atoms with Crippen LogP contribution in [0.2, 0.25) is 0 Å². The molecule has 1 aliphatic carbocycles. The highest BCUT2D eigenvalue weighted by Crippen LogP contribution is 2.42. The summed E-state index contributed by atoms with van der Waals surface area (Å²) in [6, 6.07) is 2.39. The van der Waals surface area contributed by atoms with E-state index in [0.717, 1.165) is 32.1 Å². The molecule has 1 aliphatic rings. The van der Waals surface area contributed by atoms with Gasteiger partial charge in [-0.2, -0.15) is 5.26 Å². The normalized spacial score (nSPS) is 23.1. The largest absolute Gasteiger partial charge is 0.391 e. The van der Waals surface area contributed by atoms with Crippen LogP contribution in [-0.4, -0.2) is 11.2 Å². The average molecular weight is 209 g/mol. The predicted molar refractivity (Wildman–Crippen MR) is 61.2 cm³/mol. The average Bonchev–Trinajstić information content (AvgIpc) is 2.16. The van der Waals surface area contributed by atoms with Crippen LogP contribution in [0, 0.1) is 22.2 Å². The topological polar surface area (TPSA) is 44.0 Å². The quantitative estimate of drug-likeness (QED) is 0.758. The summed E-state index contributed by atoms with van der Waals surface area (Å²) in [7, 11) is 0. The number of nitriles is 1. The molecule has 1 fully saturated rings. The Kier molecular flexibility index (Phi) is 3.78. The second kappa shape index (κ2) is 4.53. The maximum atomic E-state index is 10.2. The van der Waals surface area contributed by atoms with Crippen LogP contribution in [0.5, 0.6) is 0 Å². The molecule has 0 aliphatic heterocycles. The molecule has 15 heavy (non-hydrogen) atoms. The Labute approximate surface area is 93.3 Å². The zero-order valence-corrected chi connectivity index (χ0v) is 10.2. The number of hydrogen-bond donors (Lipinski definition) is 1. The Hall–Kier alpha value is -0.550. The summed E-state index contributed by atoms with van der Waals surface area (Å²) in [5, 5.41) is 19.5. The van der Waals surface area contributed by atoms with Crippen molar-refractivity contribution in [3.63, 3.8) is 0 Å². The summed E-state index contributed by atoms with van der Waals surface area (Å²) in [5.74, 6) is 0. The summed E-state index contributed by atoms with van der Waals surface area (Å²) in [4.78, 5) is 0. The first-order valence-corrected chi connectivity index (χ1v) is 5.99. The first kappa shape index (κ1) is 12.5. The SMILES string of the molecule is CC(C)(C)CC(O)C1(C#N)CCCCC1. The van der Waals surface area contributed by atoms with Crippen LogP contribution >= 0.6 is 0 Å². The van der Waals surface area contributed by atoms with Gasteiger partial charge >= 0.3 is 0 Å². The summed E-state index contributed by atoms with van der Waals surface area (Å²) >= 11 is 0. The molecular weight excluding hydrogens is 186 g/mol. The van der Waals surface area contributed by atoms with Crippen molar-refractivity contribution in [2.75, 3.05) is 0 Å². The van der Waals surface area contributed by atoms with Gasteiger partial charge < -0.3 is 5.11 Å². The molecule has 86 valence electrons. The van der Waals surface area contributed by atoms with Gasteiger partial charge in [0.1, 0.15) is 0 Å². The van der Waals surface area contributed by atoms with E-state index in [-0.39, 0.29) is 5.41 Å². The highest BCUT2D eigenvalue weighted by molar-refractivity contribution is 5.05. The van der Waals surface area contributed by atoms with Crippen molar-refractivity contribution in [2.24, 2.45) is 10.8 Å². The van der Waals surface area contributed by atoms with Crippen LogP contribution in [-0.2, 0) is 0 Å². The molecule has 1 unspecified atom stereocenters. The van der Waals surface area contributed by atoms with E-state index in [0.29, 0.717) is 0 Å². The molecule has 0 aromatic heterocycles. The maximum Gasteiger partial charge on any atom is 0.0832 e. The van der Waals surface area contributed by atoms with Crippen LogP contribution < -0.4 is 0 Å². The third-order valence-corrected chi connectivity index (χ3v) is 3.41. The monoisotopic (exact) mass is 209 g/mol. The molecule has 1 rings (SSSR count). The zero-order valence-electron chi connectivity index (χ0n) is 10.2. The van der Waals surface area contributed by atoms with Crippen molar-refractivity contribution in [2.45, 2.75) is 65.4 Å². The smallest absolute Gasteiger partial charge is 0.0832 e. The summed E-state index contributed by atoms with van der Waals surface area (Å²) < 4.78 is 0. The summed E-state index contributed by atoms with van der Waals surface area (Å²) in [5.41, 5.74) is -0.355. The summed E-state index contributed by atoms with van der Waals surface area (Å²) in [6.07, 6.45) is 5.42. The third-order valence-electron chi connectivity index (χ3n) is 3.41. The van der Waals surface area contributed by atoms with E-state index in [1.54, 1.807) is 0 Å². The van der Waals surface area contributed by atoms with Gasteiger partial charge in [-0.3, -0.25) is 0 Å². The zero-order chi connectivity index (χ0) is 11.5. The van der Waals surface area contributed by atoms with E-state index in [2.05, 4.69) is 26.8 Å². The van der Waals surface area contributed by atoms with Crippen molar-refractivity contribution >= 4 is 0 Å². The molecular formula is C13H23NO. The van der Waals surface area contributed by atoms with E-state index in [9.17, 15) is 10.4 Å². The minimum Gasteiger partial charge on any atom is -0.391 e. The molecule has 0 saturated heterocycles. The molecule has 0 bridgehead atoms. The van der Waals surface area contributed by atoms with Crippen molar-refractivity contribution in [1.82, 2.24) is 0 Å². The molecule has 1 atom stereocenters. The molecule has 0 heterocycles. The van der Waals surface area contributed by atoms with E-state index in [4.69, 9.17) is 0 Å². The summed E-state index contributed by atoms with van der Waals surface area (Å²) in [6.45, 7) is 6.35. The van der Waals surface area contributed by atoms with Gasteiger partial charge in [0.2, 0.25) is 0 Å². The van der Waals surface area contributed by atoms with Crippen molar-refractivity contribution in [3.05, 3.63) is 0 Å². The fourth-order valence-electron chi connectivity index (χ4n) is 2.48. The van der Waals surface area contributed by atoms with Gasteiger partial charge in [-0.1, -0.05) is 40.0 Å². The van der Waals surface area contributed by atoms with Gasteiger partial charge in [-0.05, 0) is 24.7 Å². The molecule has 0 aromatic rings. The van der Waals surface area contributed by atoms with E-state index < -0.39 is 11.5 Å². The molecule has 2 nitrogen and oxygen atoms in total. The Morgan fingerprint density at radius 2 is 1.80 bits per heavy atom. The van der Waals surface area contributed by atoms with E-state index in [1.807, 2.05) is 0 Å². The molecule has 0 radical (unpaired) electrons.